The molecule has 1 aromatic rings. The van der Waals surface area contributed by atoms with Crippen molar-refractivity contribution in [1.82, 2.24) is 5.32 Å². The molecule has 3 nitrogen and oxygen atoms in total. The summed E-state index contributed by atoms with van der Waals surface area (Å²) in [5.41, 5.74) is 2.47. The second-order valence-corrected chi connectivity index (χ2v) is 6.26. The Balaban J connectivity index is 2.94. The van der Waals surface area contributed by atoms with Crippen molar-refractivity contribution in [3.05, 3.63) is 27.7 Å². The van der Waals surface area contributed by atoms with E-state index in [9.17, 15) is 0 Å². The third kappa shape index (κ3) is 5.71. The zero-order chi connectivity index (χ0) is 15.8. The molecule has 0 fully saturated rings. The van der Waals surface area contributed by atoms with E-state index in [1.165, 1.54) is 5.57 Å². The van der Waals surface area contributed by atoms with Gasteiger partial charge in [-0.2, -0.15) is 0 Å². The molecule has 4 heteroatoms. The van der Waals surface area contributed by atoms with Gasteiger partial charge in [0.25, 0.3) is 0 Å². The molecule has 0 bridgehead atoms. The fourth-order valence-corrected chi connectivity index (χ4v) is 2.44. The highest BCUT2D eigenvalue weighted by Crippen LogP contribution is 2.34. The summed E-state index contributed by atoms with van der Waals surface area (Å²) in [6, 6.07) is 3.94. The molecule has 1 rings (SSSR count). The van der Waals surface area contributed by atoms with E-state index in [0.717, 1.165) is 41.0 Å². The van der Waals surface area contributed by atoms with Crippen LogP contribution in [0.2, 0.25) is 0 Å². The number of methoxy groups -OCH3 is 2. The topological polar surface area (TPSA) is 30.5 Å². The van der Waals surface area contributed by atoms with Gasteiger partial charge in [-0.25, -0.2) is 0 Å². The van der Waals surface area contributed by atoms with E-state index in [1.54, 1.807) is 14.2 Å². The molecule has 0 aliphatic heterocycles. The van der Waals surface area contributed by atoms with Crippen LogP contribution >= 0.6 is 15.9 Å². The maximum Gasteiger partial charge on any atom is 0.161 e. The number of hydrogen-bond acceptors (Lipinski definition) is 3. The predicted molar refractivity (Wildman–Crippen MR) is 93.2 cm³/mol. The van der Waals surface area contributed by atoms with Crippen molar-refractivity contribution in [3.63, 3.8) is 0 Å². The number of benzene rings is 1. The van der Waals surface area contributed by atoms with Gasteiger partial charge < -0.3 is 14.8 Å². The fourth-order valence-electron chi connectivity index (χ4n) is 2.00. The van der Waals surface area contributed by atoms with Crippen LogP contribution in [0.25, 0.3) is 6.08 Å². The molecule has 0 aliphatic rings. The van der Waals surface area contributed by atoms with Gasteiger partial charge >= 0.3 is 0 Å². The molecule has 1 aromatic carbocycles. The average molecular weight is 356 g/mol. The van der Waals surface area contributed by atoms with Gasteiger partial charge in [0.2, 0.25) is 0 Å². The van der Waals surface area contributed by atoms with Crippen molar-refractivity contribution < 1.29 is 9.47 Å². The molecule has 118 valence electrons. The summed E-state index contributed by atoms with van der Waals surface area (Å²) in [6.07, 6.45) is 3.23. The summed E-state index contributed by atoms with van der Waals surface area (Å²) < 4.78 is 11.7. The Hall–Kier alpha value is -1.00. The first kappa shape index (κ1) is 18.1. The van der Waals surface area contributed by atoms with E-state index < -0.39 is 0 Å². The molecule has 0 radical (unpaired) electrons. The number of halogens is 1. The molecular formula is C17H26BrNO2. The molecule has 1 N–H and O–H groups in total. The first-order valence-corrected chi connectivity index (χ1v) is 8.12. The minimum atomic E-state index is 0.663. The highest BCUT2D eigenvalue weighted by molar-refractivity contribution is 9.10. The second kappa shape index (κ2) is 9.11. The summed E-state index contributed by atoms with van der Waals surface area (Å²) in [7, 11) is 3.30. The van der Waals surface area contributed by atoms with Gasteiger partial charge in [0.05, 0.1) is 14.2 Å². The molecule has 0 aromatic heterocycles. The number of ether oxygens (including phenoxy) is 2. The lowest BCUT2D eigenvalue weighted by Gasteiger charge is -2.12. The second-order valence-electron chi connectivity index (χ2n) is 5.41. The smallest absolute Gasteiger partial charge is 0.161 e. The van der Waals surface area contributed by atoms with Crippen molar-refractivity contribution in [2.45, 2.75) is 27.2 Å². The normalized spacial score (nSPS) is 11.9. The molecule has 0 spiro atoms. The Morgan fingerprint density at radius 2 is 1.86 bits per heavy atom. The first-order chi connectivity index (χ1) is 10.0. The van der Waals surface area contributed by atoms with Gasteiger partial charge in [-0.1, -0.05) is 48.4 Å². The van der Waals surface area contributed by atoms with E-state index in [1.807, 2.05) is 12.1 Å². The van der Waals surface area contributed by atoms with E-state index in [0.29, 0.717) is 5.92 Å². The Bertz CT molecular complexity index is 484. The van der Waals surface area contributed by atoms with Crippen molar-refractivity contribution in [2.24, 2.45) is 5.92 Å². The zero-order valence-electron chi connectivity index (χ0n) is 13.6. The van der Waals surface area contributed by atoms with Gasteiger partial charge in [-0.3, -0.25) is 0 Å². The minimum absolute atomic E-state index is 0.663. The standard InChI is InChI=1S/C17H26BrNO2/c1-6-13(11-19-10-12(2)3)7-14-8-16(20-4)17(21-5)9-15(14)18/h7-9,12,19H,6,10-11H2,1-5H3. The number of rotatable bonds is 8. The molecule has 0 saturated carbocycles. The predicted octanol–water partition coefficient (Wildman–Crippen LogP) is 4.51. The van der Waals surface area contributed by atoms with Crippen LogP contribution in [-0.2, 0) is 0 Å². The average Bonchev–Trinajstić information content (AvgIpc) is 2.46. The zero-order valence-corrected chi connectivity index (χ0v) is 15.2. The van der Waals surface area contributed by atoms with Crippen LogP contribution in [0.3, 0.4) is 0 Å². The van der Waals surface area contributed by atoms with E-state index in [2.05, 4.69) is 48.1 Å². The molecule has 0 atom stereocenters. The summed E-state index contributed by atoms with van der Waals surface area (Å²) in [4.78, 5) is 0. The van der Waals surface area contributed by atoms with Crippen LogP contribution in [0.5, 0.6) is 11.5 Å². The van der Waals surface area contributed by atoms with E-state index >= 15 is 0 Å². The van der Waals surface area contributed by atoms with Crippen LogP contribution in [0, 0.1) is 5.92 Å². The molecule has 0 amide bonds. The van der Waals surface area contributed by atoms with Crippen LogP contribution in [-0.4, -0.2) is 27.3 Å². The first-order valence-electron chi connectivity index (χ1n) is 7.33. The Labute approximate surface area is 136 Å². The molecule has 21 heavy (non-hydrogen) atoms. The quantitative estimate of drug-likeness (QED) is 0.744. The van der Waals surface area contributed by atoms with Crippen molar-refractivity contribution in [1.29, 1.82) is 0 Å². The molecular weight excluding hydrogens is 330 g/mol. The lowest BCUT2D eigenvalue weighted by molar-refractivity contribution is 0.354. The van der Waals surface area contributed by atoms with Crippen molar-refractivity contribution >= 4 is 22.0 Å². The molecule has 0 saturated heterocycles. The summed E-state index contributed by atoms with van der Waals surface area (Å²) >= 11 is 3.60. The van der Waals surface area contributed by atoms with E-state index in [-0.39, 0.29) is 0 Å². The highest BCUT2D eigenvalue weighted by atomic mass is 79.9. The maximum absolute atomic E-state index is 5.37. The van der Waals surface area contributed by atoms with Crippen LogP contribution < -0.4 is 14.8 Å². The summed E-state index contributed by atoms with van der Waals surface area (Å²) in [6.45, 7) is 8.55. The minimum Gasteiger partial charge on any atom is -0.493 e. The number of nitrogens with one attached hydrogen (secondary N) is 1. The van der Waals surface area contributed by atoms with Crippen molar-refractivity contribution in [3.8, 4) is 11.5 Å². The SMILES string of the molecule is CCC(=Cc1cc(OC)c(OC)cc1Br)CNCC(C)C. The van der Waals surface area contributed by atoms with Gasteiger partial charge in [0.1, 0.15) is 0 Å². The Kier molecular flexibility index (Phi) is 7.83. The Morgan fingerprint density at radius 1 is 1.24 bits per heavy atom. The van der Waals surface area contributed by atoms with Crippen LogP contribution in [0.1, 0.15) is 32.8 Å². The Morgan fingerprint density at radius 3 is 2.38 bits per heavy atom. The third-order valence-electron chi connectivity index (χ3n) is 3.22. The monoisotopic (exact) mass is 355 g/mol. The van der Waals surface area contributed by atoms with Gasteiger partial charge in [0, 0.05) is 11.0 Å². The van der Waals surface area contributed by atoms with Gasteiger partial charge in [-0.05, 0) is 36.6 Å². The largest absolute Gasteiger partial charge is 0.493 e. The van der Waals surface area contributed by atoms with E-state index in [4.69, 9.17) is 9.47 Å². The summed E-state index contributed by atoms with van der Waals surface area (Å²) in [5.74, 6) is 2.14. The van der Waals surface area contributed by atoms with Crippen LogP contribution in [0.15, 0.2) is 22.2 Å². The highest BCUT2D eigenvalue weighted by Gasteiger charge is 2.08. The lowest BCUT2D eigenvalue weighted by Crippen LogP contribution is -2.21. The van der Waals surface area contributed by atoms with Gasteiger partial charge in [-0.15, -0.1) is 0 Å². The molecule has 0 heterocycles. The lowest BCUT2D eigenvalue weighted by atomic mass is 10.1. The molecule has 0 aliphatic carbocycles. The van der Waals surface area contributed by atoms with Crippen molar-refractivity contribution in [2.75, 3.05) is 27.3 Å². The molecule has 0 unspecified atom stereocenters. The maximum atomic E-state index is 5.37. The van der Waals surface area contributed by atoms with Crippen LogP contribution in [0.4, 0.5) is 0 Å². The third-order valence-corrected chi connectivity index (χ3v) is 3.91. The fraction of sp³-hybridized carbons (Fsp3) is 0.529. The number of hydrogen-bond donors (Lipinski definition) is 1. The summed E-state index contributed by atoms with van der Waals surface area (Å²) in [5, 5.41) is 3.49. The van der Waals surface area contributed by atoms with Gasteiger partial charge in [0.15, 0.2) is 11.5 Å².